The maximum Gasteiger partial charge on any atom is 0.0443 e. The van der Waals surface area contributed by atoms with Crippen LogP contribution in [0.5, 0.6) is 0 Å². The van der Waals surface area contributed by atoms with Gasteiger partial charge in [-0.15, -0.1) is 11.6 Å². The van der Waals surface area contributed by atoms with Gasteiger partial charge in [0.05, 0.1) is 0 Å². The fourth-order valence-electron chi connectivity index (χ4n) is 2.54. The fourth-order valence-corrected chi connectivity index (χ4v) is 2.62. The van der Waals surface area contributed by atoms with E-state index in [9.17, 15) is 0 Å². The summed E-state index contributed by atoms with van der Waals surface area (Å²) in [6.07, 6.45) is 4.00. The molecule has 2 heteroatoms. The smallest absolute Gasteiger partial charge is 0.0443 e. The van der Waals surface area contributed by atoms with Gasteiger partial charge in [-0.1, -0.05) is 27.4 Å². The molecule has 0 bridgehead atoms. The van der Waals surface area contributed by atoms with Crippen molar-refractivity contribution in [2.24, 2.45) is 11.3 Å². The van der Waals surface area contributed by atoms with Crippen molar-refractivity contribution in [2.75, 3.05) is 25.5 Å². The summed E-state index contributed by atoms with van der Waals surface area (Å²) in [5.41, 5.74) is 1.61. The second-order valence-corrected chi connectivity index (χ2v) is 6.42. The molecule has 1 fully saturated rings. The van der Waals surface area contributed by atoms with E-state index in [0.29, 0.717) is 11.3 Å². The van der Waals surface area contributed by atoms with Crippen LogP contribution in [-0.2, 0) is 0 Å². The molecular weight excluding hydrogens is 218 g/mol. The van der Waals surface area contributed by atoms with Crippen molar-refractivity contribution in [1.82, 2.24) is 4.90 Å². The lowest BCUT2D eigenvalue weighted by molar-refractivity contribution is 0.210. The Morgan fingerprint density at radius 2 is 2.00 bits per heavy atom. The van der Waals surface area contributed by atoms with Crippen molar-refractivity contribution in [2.45, 2.75) is 40.0 Å². The number of alkyl halides is 1. The molecule has 1 unspecified atom stereocenters. The Balaban J connectivity index is 2.43. The highest BCUT2D eigenvalue weighted by Crippen LogP contribution is 2.34. The molecule has 0 radical (unpaired) electrons. The molecule has 0 saturated carbocycles. The lowest BCUT2D eigenvalue weighted by Gasteiger charge is -2.29. The summed E-state index contributed by atoms with van der Waals surface area (Å²) in [5, 5.41) is 0. The van der Waals surface area contributed by atoms with Crippen LogP contribution in [0.2, 0.25) is 0 Å². The van der Waals surface area contributed by atoms with Gasteiger partial charge in [-0.25, -0.2) is 0 Å². The summed E-state index contributed by atoms with van der Waals surface area (Å²) in [4.78, 5) is 2.51. The molecule has 1 saturated heterocycles. The fraction of sp³-hybridized carbons (Fsp3) is 0.857. The molecule has 1 aliphatic heterocycles. The predicted molar refractivity (Wildman–Crippen MR) is 73.1 cm³/mol. The van der Waals surface area contributed by atoms with Gasteiger partial charge in [0.1, 0.15) is 0 Å². The molecular formula is C14H26ClN. The summed E-state index contributed by atoms with van der Waals surface area (Å²) >= 11 is 5.79. The highest BCUT2D eigenvalue weighted by Gasteiger charge is 2.26. The molecule has 1 heterocycles. The van der Waals surface area contributed by atoms with Crippen LogP contribution >= 0.6 is 11.6 Å². The molecule has 0 amide bonds. The summed E-state index contributed by atoms with van der Waals surface area (Å²) in [6, 6.07) is 0. The van der Waals surface area contributed by atoms with Gasteiger partial charge in [-0.2, -0.15) is 0 Å². The molecule has 0 spiro atoms. The molecule has 16 heavy (non-hydrogen) atoms. The Hall–Kier alpha value is -0.0100. The quantitative estimate of drug-likeness (QED) is 0.536. The Morgan fingerprint density at radius 1 is 1.31 bits per heavy atom. The van der Waals surface area contributed by atoms with Crippen LogP contribution in [0.4, 0.5) is 0 Å². The van der Waals surface area contributed by atoms with E-state index in [0.717, 1.165) is 18.0 Å². The maximum atomic E-state index is 5.79. The minimum Gasteiger partial charge on any atom is -0.299 e. The number of rotatable bonds is 3. The lowest BCUT2D eigenvalue weighted by atomic mass is 9.77. The SMILES string of the molecule is C=C(CCl)CN1CCCC(C(C)(C)C)CC1. The number of nitrogens with zero attached hydrogens (tertiary/aromatic N) is 1. The van der Waals surface area contributed by atoms with Crippen molar-refractivity contribution in [3.63, 3.8) is 0 Å². The number of hydrogen-bond acceptors (Lipinski definition) is 1. The summed E-state index contributed by atoms with van der Waals surface area (Å²) in [5.74, 6) is 1.46. The van der Waals surface area contributed by atoms with Crippen molar-refractivity contribution < 1.29 is 0 Å². The third kappa shape index (κ3) is 4.47. The van der Waals surface area contributed by atoms with Gasteiger partial charge in [0.25, 0.3) is 0 Å². The van der Waals surface area contributed by atoms with E-state index < -0.39 is 0 Å². The zero-order valence-corrected chi connectivity index (χ0v) is 11.8. The van der Waals surface area contributed by atoms with Gasteiger partial charge in [-0.3, -0.25) is 4.90 Å². The van der Waals surface area contributed by atoms with Crippen LogP contribution in [0.3, 0.4) is 0 Å². The van der Waals surface area contributed by atoms with Crippen LogP contribution in [0.25, 0.3) is 0 Å². The van der Waals surface area contributed by atoms with Crippen molar-refractivity contribution >= 4 is 11.6 Å². The van der Waals surface area contributed by atoms with Crippen molar-refractivity contribution in [1.29, 1.82) is 0 Å². The van der Waals surface area contributed by atoms with Crippen LogP contribution in [0.15, 0.2) is 12.2 Å². The van der Waals surface area contributed by atoms with Crippen LogP contribution in [0.1, 0.15) is 40.0 Å². The minimum absolute atomic E-state index is 0.458. The summed E-state index contributed by atoms with van der Waals surface area (Å²) in [6.45, 7) is 14.5. The summed E-state index contributed by atoms with van der Waals surface area (Å²) < 4.78 is 0. The first-order valence-corrected chi connectivity index (χ1v) is 6.92. The first-order chi connectivity index (χ1) is 7.43. The van der Waals surface area contributed by atoms with Gasteiger partial charge < -0.3 is 0 Å². The highest BCUT2D eigenvalue weighted by molar-refractivity contribution is 6.19. The van der Waals surface area contributed by atoms with Gasteiger partial charge in [-0.05, 0) is 49.3 Å². The highest BCUT2D eigenvalue weighted by atomic mass is 35.5. The standard InChI is InChI=1S/C14H26ClN/c1-12(10-15)11-16-8-5-6-13(7-9-16)14(2,3)4/h13H,1,5-11H2,2-4H3. The van der Waals surface area contributed by atoms with Crippen LogP contribution in [-0.4, -0.2) is 30.4 Å². The Kier molecular flexibility index (Phi) is 5.33. The average molecular weight is 244 g/mol. The topological polar surface area (TPSA) is 3.24 Å². The van der Waals surface area contributed by atoms with E-state index in [-0.39, 0.29) is 0 Å². The van der Waals surface area contributed by atoms with Gasteiger partial charge in [0, 0.05) is 12.4 Å². The largest absolute Gasteiger partial charge is 0.299 e. The summed E-state index contributed by atoms with van der Waals surface area (Å²) in [7, 11) is 0. The van der Waals surface area contributed by atoms with E-state index in [1.165, 1.54) is 32.4 Å². The van der Waals surface area contributed by atoms with E-state index in [2.05, 4.69) is 32.3 Å². The third-order valence-corrected chi connectivity index (χ3v) is 4.06. The zero-order valence-electron chi connectivity index (χ0n) is 11.1. The van der Waals surface area contributed by atoms with Gasteiger partial charge in [0.15, 0.2) is 0 Å². The number of hydrogen-bond donors (Lipinski definition) is 0. The first-order valence-electron chi connectivity index (χ1n) is 6.38. The van der Waals surface area contributed by atoms with E-state index in [4.69, 9.17) is 11.6 Å². The van der Waals surface area contributed by atoms with E-state index >= 15 is 0 Å². The van der Waals surface area contributed by atoms with Gasteiger partial charge >= 0.3 is 0 Å². The monoisotopic (exact) mass is 243 g/mol. The average Bonchev–Trinajstić information content (AvgIpc) is 2.42. The second-order valence-electron chi connectivity index (χ2n) is 6.15. The Morgan fingerprint density at radius 3 is 2.56 bits per heavy atom. The zero-order chi connectivity index (χ0) is 12.2. The second kappa shape index (κ2) is 6.07. The molecule has 1 rings (SSSR count). The number of halogens is 1. The lowest BCUT2D eigenvalue weighted by Crippen LogP contribution is -2.28. The molecule has 0 N–H and O–H groups in total. The first kappa shape index (κ1) is 14.1. The third-order valence-electron chi connectivity index (χ3n) is 3.68. The molecule has 1 nitrogen and oxygen atoms in total. The number of likely N-dealkylation sites (tertiary alicyclic amines) is 1. The Labute approximate surface area is 106 Å². The van der Waals surface area contributed by atoms with Crippen molar-refractivity contribution in [3.05, 3.63) is 12.2 Å². The van der Waals surface area contributed by atoms with E-state index in [1.54, 1.807) is 0 Å². The van der Waals surface area contributed by atoms with Crippen LogP contribution < -0.4 is 0 Å². The Bertz CT molecular complexity index is 229. The van der Waals surface area contributed by atoms with Crippen LogP contribution in [0, 0.1) is 11.3 Å². The molecule has 0 aromatic carbocycles. The predicted octanol–water partition coefficient (Wildman–Crippen LogP) is 3.93. The molecule has 0 aromatic heterocycles. The van der Waals surface area contributed by atoms with Gasteiger partial charge in [0.2, 0.25) is 0 Å². The molecule has 0 aliphatic carbocycles. The normalized spacial score (nSPS) is 24.1. The molecule has 0 aromatic rings. The minimum atomic E-state index is 0.458. The molecule has 1 aliphatic rings. The van der Waals surface area contributed by atoms with E-state index in [1.807, 2.05) is 0 Å². The maximum absolute atomic E-state index is 5.79. The molecule has 1 atom stereocenters. The molecule has 94 valence electrons. The van der Waals surface area contributed by atoms with Crippen molar-refractivity contribution in [3.8, 4) is 0 Å².